The largest absolute Gasteiger partial charge is 0.497 e. The van der Waals surface area contributed by atoms with Crippen LogP contribution in [0.3, 0.4) is 0 Å². The van der Waals surface area contributed by atoms with E-state index in [1.54, 1.807) is 7.11 Å². The van der Waals surface area contributed by atoms with Crippen molar-refractivity contribution in [2.24, 2.45) is 5.41 Å². The topological polar surface area (TPSA) is 32.8 Å². The minimum atomic E-state index is 0.227. The van der Waals surface area contributed by atoms with E-state index in [1.165, 1.54) is 51.6 Å². The zero-order valence-corrected chi connectivity index (χ0v) is 15.4. The summed E-state index contributed by atoms with van der Waals surface area (Å²) in [6, 6.07) is 8.91. The van der Waals surface area contributed by atoms with Gasteiger partial charge in [0.25, 0.3) is 0 Å². The first-order chi connectivity index (χ1) is 12.2. The van der Waals surface area contributed by atoms with Crippen molar-refractivity contribution in [1.82, 2.24) is 9.80 Å². The maximum absolute atomic E-state index is 12.6. The molecule has 3 aliphatic rings. The molecule has 2 aliphatic heterocycles. The molecule has 25 heavy (non-hydrogen) atoms. The van der Waals surface area contributed by atoms with Crippen molar-refractivity contribution in [3.05, 3.63) is 29.8 Å². The molecule has 3 fully saturated rings. The molecule has 1 spiro atoms. The Hall–Kier alpha value is -1.55. The average Bonchev–Trinajstić information content (AvgIpc) is 3.25. The fourth-order valence-electron chi connectivity index (χ4n) is 5.08. The molecule has 1 saturated carbocycles. The van der Waals surface area contributed by atoms with E-state index in [0.29, 0.717) is 12.5 Å². The molecule has 0 unspecified atom stereocenters. The van der Waals surface area contributed by atoms with Crippen LogP contribution < -0.4 is 4.74 Å². The van der Waals surface area contributed by atoms with Crippen LogP contribution >= 0.6 is 0 Å². The van der Waals surface area contributed by atoms with Crippen molar-refractivity contribution in [3.63, 3.8) is 0 Å². The number of nitrogens with zero attached hydrogens (tertiary/aromatic N) is 2. The van der Waals surface area contributed by atoms with Gasteiger partial charge in [0, 0.05) is 25.6 Å². The first kappa shape index (κ1) is 16.9. The Morgan fingerprint density at radius 3 is 2.68 bits per heavy atom. The number of amides is 1. The van der Waals surface area contributed by atoms with Crippen LogP contribution in [0.2, 0.25) is 0 Å². The number of carbonyl (C=O) groups is 1. The third-order valence-electron chi connectivity index (χ3n) is 6.61. The predicted molar refractivity (Wildman–Crippen MR) is 98.5 cm³/mol. The molecule has 2 saturated heterocycles. The summed E-state index contributed by atoms with van der Waals surface area (Å²) in [5.41, 5.74) is 1.39. The van der Waals surface area contributed by atoms with Crippen molar-refractivity contribution in [2.45, 2.75) is 57.5 Å². The fraction of sp³-hybridized carbons (Fsp3) is 0.667. The molecule has 1 aromatic carbocycles. The maximum atomic E-state index is 12.6. The summed E-state index contributed by atoms with van der Waals surface area (Å²) < 4.78 is 5.31. The Bertz CT molecular complexity index is 616. The SMILES string of the molecule is COc1cccc(CN2CC3(CCN(C4CCCC4)CC3)CC2=O)c1. The molecule has 0 N–H and O–H groups in total. The standard InChI is InChI=1S/C21H30N2O2/c1-25-19-8-4-5-17(13-19)15-23-16-21(14-20(23)24)9-11-22(12-10-21)18-6-2-3-7-18/h4-5,8,13,18H,2-3,6-7,9-12,14-16H2,1H3. The van der Waals surface area contributed by atoms with E-state index in [1.807, 2.05) is 18.2 Å². The Morgan fingerprint density at radius 1 is 1.20 bits per heavy atom. The second kappa shape index (κ2) is 6.99. The second-order valence-electron chi connectivity index (χ2n) is 8.25. The maximum Gasteiger partial charge on any atom is 0.223 e. The normalized spacial score (nSPS) is 24.4. The summed E-state index contributed by atoms with van der Waals surface area (Å²) in [4.78, 5) is 17.4. The van der Waals surface area contributed by atoms with Gasteiger partial charge in [-0.05, 0) is 61.9 Å². The highest BCUT2D eigenvalue weighted by Crippen LogP contribution is 2.42. The predicted octanol–water partition coefficient (Wildman–Crippen LogP) is 3.45. The Balaban J connectivity index is 1.37. The zero-order chi connectivity index (χ0) is 17.3. The molecule has 4 rings (SSSR count). The smallest absolute Gasteiger partial charge is 0.223 e. The van der Waals surface area contributed by atoms with Gasteiger partial charge in [-0.2, -0.15) is 0 Å². The molecule has 2 heterocycles. The van der Waals surface area contributed by atoms with Crippen LogP contribution in [0.1, 0.15) is 50.5 Å². The first-order valence-electron chi connectivity index (χ1n) is 9.82. The molecule has 0 aromatic heterocycles. The van der Waals surface area contributed by atoms with E-state index in [-0.39, 0.29) is 5.41 Å². The molecule has 1 amide bonds. The van der Waals surface area contributed by atoms with E-state index in [4.69, 9.17) is 4.74 Å². The molecule has 0 atom stereocenters. The van der Waals surface area contributed by atoms with Gasteiger partial charge in [0.15, 0.2) is 0 Å². The highest BCUT2D eigenvalue weighted by molar-refractivity contribution is 5.79. The van der Waals surface area contributed by atoms with Crippen LogP contribution in [0.5, 0.6) is 5.75 Å². The number of ether oxygens (including phenoxy) is 1. The highest BCUT2D eigenvalue weighted by Gasteiger charge is 2.45. The average molecular weight is 342 g/mol. The van der Waals surface area contributed by atoms with Gasteiger partial charge >= 0.3 is 0 Å². The van der Waals surface area contributed by atoms with Gasteiger partial charge in [0.2, 0.25) is 5.91 Å². The van der Waals surface area contributed by atoms with Crippen LogP contribution in [0.25, 0.3) is 0 Å². The minimum absolute atomic E-state index is 0.227. The van der Waals surface area contributed by atoms with Gasteiger partial charge in [-0.1, -0.05) is 25.0 Å². The summed E-state index contributed by atoms with van der Waals surface area (Å²) >= 11 is 0. The number of hydrogen-bond acceptors (Lipinski definition) is 3. The number of rotatable bonds is 4. The van der Waals surface area contributed by atoms with Gasteiger partial charge in [-0.25, -0.2) is 0 Å². The van der Waals surface area contributed by atoms with Crippen molar-refractivity contribution in [2.75, 3.05) is 26.7 Å². The van der Waals surface area contributed by atoms with Crippen LogP contribution in [-0.4, -0.2) is 48.5 Å². The zero-order valence-electron chi connectivity index (χ0n) is 15.4. The van der Waals surface area contributed by atoms with Crippen molar-refractivity contribution in [1.29, 1.82) is 0 Å². The van der Waals surface area contributed by atoms with Gasteiger partial charge in [0.1, 0.15) is 5.75 Å². The first-order valence-corrected chi connectivity index (χ1v) is 9.82. The van der Waals surface area contributed by atoms with Gasteiger partial charge in [-0.15, -0.1) is 0 Å². The molecular formula is C21H30N2O2. The van der Waals surface area contributed by atoms with Crippen molar-refractivity contribution in [3.8, 4) is 5.75 Å². The number of likely N-dealkylation sites (tertiary alicyclic amines) is 2. The minimum Gasteiger partial charge on any atom is -0.497 e. The van der Waals surface area contributed by atoms with Crippen LogP contribution in [-0.2, 0) is 11.3 Å². The number of carbonyl (C=O) groups excluding carboxylic acids is 1. The molecular weight excluding hydrogens is 312 g/mol. The summed E-state index contributed by atoms with van der Waals surface area (Å²) in [6.45, 7) is 4.02. The van der Waals surface area contributed by atoms with E-state index in [9.17, 15) is 4.79 Å². The van der Waals surface area contributed by atoms with Crippen molar-refractivity contribution >= 4 is 5.91 Å². The molecule has 0 bridgehead atoms. The molecule has 1 aromatic rings. The Labute approximate surface area is 151 Å². The van der Waals surface area contributed by atoms with E-state index >= 15 is 0 Å². The fourth-order valence-corrected chi connectivity index (χ4v) is 5.08. The lowest BCUT2D eigenvalue weighted by Gasteiger charge is -2.41. The van der Waals surface area contributed by atoms with Crippen LogP contribution in [0, 0.1) is 5.41 Å². The Kier molecular flexibility index (Phi) is 4.72. The number of methoxy groups -OCH3 is 1. The number of hydrogen-bond donors (Lipinski definition) is 0. The lowest BCUT2D eigenvalue weighted by atomic mass is 9.77. The van der Waals surface area contributed by atoms with Crippen molar-refractivity contribution < 1.29 is 9.53 Å². The third-order valence-corrected chi connectivity index (χ3v) is 6.61. The molecule has 4 heteroatoms. The summed E-state index contributed by atoms with van der Waals surface area (Å²) in [6.07, 6.45) is 8.68. The molecule has 1 aliphatic carbocycles. The third kappa shape index (κ3) is 3.55. The molecule has 136 valence electrons. The second-order valence-corrected chi connectivity index (χ2v) is 8.25. The summed E-state index contributed by atoms with van der Waals surface area (Å²) in [5, 5.41) is 0. The van der Waals surface area contributed by atoms with Gasteiger partial charge in [-0.3, -0.25) is 4.79 Å². The lowest BCUT2D eigenvalue weighted by molar-refractivity contribution is -0.128. The number of benzene rings is 1. The Morgan fingerprint density at radius 2 is 1.96 bits per heavy atom. The molecule has 0 radical (unpaired) electrons. The van der Waals surface area contributed by atoms with Crippen LogP contribution in [0.4, 0.5) is 0 Å². The highest BCUT2D eigenvalue weighted by atomic mass is 16.5. The summed E-state index contributed by atoms with van der Waals surface area (Å²) in [5.74, 6) is 1.20. The number of piperidine rings is 1. The van der Waals surface area contributed by atoms with E-state index in [2.05, 4.69) is 15.9 Å². The van der Waals surface area contributed by atoms with Crippen LogP contribution in [0.15, 0.2) is 24.3 Å². The van der Waals surface area contributed by atoms with Gasteiger partial charge in [0.05, 0.1) is 7.11 Å². The summed E-state index contributed by atoms with van der Waals surface area (Å²) in [7, 11) is 1.69. The lowest BCUT2D eigenvalue weighted by Crippen LogP contribution is -2.45. The van der Waals surface area contributed by atoms with Gasteiger partial charge < -0.3 is 14.5 Å². The monoisotopic (exact) mass is 342 g/mol. The molecule has 4 nitrogen and oxygen atoms in total. The van der Waals surface area contributed by atoms with E-state index < -0.39 is 0 Å². The quantitative estimate of drug-likeness (QED) is 0.840. The van der Waals surface area contributed by atoms with E-state index in [0.717, 1.165) is 30.3 Å².